The zero-order valence-corrected chi connectivity index (χ0v) is 18.0. The number of sulfonamides is 1. The van der Waals surface area contributed by atoms with E-state index >= 15 is 0 Å². The first-order valence-corrected chi connectivity index (χ1v) is 10.7. The van der Waals surface area contributed by atoms with Crippen molar-refractivity contribution in [2.24, 2.45) is 0 Å². The predicted octanol–water partition coefficient (Wildman–Crippen LogP) is 3.82. The van der Waals surface area contributed by atoms with Crippen LogP contribution in [-0.4, -0.2) is 35.1 Å². The van der Waals surface area contributed by atoms with E-state index in [2.05, 4.69) is 5.32 Å². The Bertz CT molecular complexity index is 1220. The minimum atomic E-state index is -4.19. The van der Waals surface area contributed by atoms with E-state index in [4.69, 9.17) is 9.47 Å². The minimum absolute atomic E-state index is 0.0207. The van der Waals surface area contributed by atoms with Crippen LogP contribution in [0, 0.1) is 11.6 Å². The molecule has 0 heterocycles. The first-order chi connectivity index (χ1) is 15.3. The summed E-state index contributed by atoms with van der Waals surface area (Å²) in [6.07, 6.45) is 0. The number of carbonyl (C=O) groups is 1. The molecule has 0 atom stereocenters. The third-order valence-corrected chi connectivity index (χ3v) is 6.25. The Morgan fingerprint density at radius 3 is 2.28 bits per heavy atom. The van der Waals surface area contributed by atoms with Crippen molar-refractivity contribution >= 4 is 27.3 Å². The highest BCUT2D eigenvalue weighted by atomic mass is 32.2. The molecule has 7 nitrogen and oxygen atoms in total. The van der Waals surface area contributed by atoms with Gasteiger partial charge in [-0.05, 0) is 36.4 Å². The summed E-state index contributed by atoms with van der Waals surface area (Å²) in [5.41, 5.74) is 0.0743. The fourth-order valence-corrected chi connectivity index (χ4v) is 4.37. The van der Waals surface area contributed by atoms with Gasteiger partial charge in [0.25, 0.3) is 10.0 Å². The Balaban J connectivity index is 2.01. The molecular formula is C22H20F2N2O5S. The second kappa shape index (κ2) is 9.65. The maximum atomic E-state index is 13.5. The summed E-state index contributed by atoms with van der Waals surface area (Å²) in [5, 5.41) is 2.38. The van der Waals surface area contributed by atoms with E-state index in [0.717, 1.165) is 16.4 Å². The van der Waals surface area contributed by atoms with Crippen LogP contribution >= 0.6 is 0 Å². The largest absolute Gasteiger partial charge is 0.497 e. The van der Waals surface area contributed by atoms with Crippen LogP contribution in [0.25, 0.3) is 0 Å². The van der Waals surface area contributed by atoms with E-state index in [0.29, 0.717) is 5.75 Å². The van der Waals surface area contributed by atoms with Crippen molar-refractivity contribution in [3.05, 3.63) is 78.4 Å². The van der Waals surface area contributed by atoms with Gasteiger partial charge in [0.15, 0.2) is 11.6 Å². The van der Waals surface area contributed by atoms with Crippen LogP contribution in [0.4, 0.5) is 20.2 Å². The highest BCUT2D eigenvalue weighted by Gasteiger charge is 2.29. The fraction of sp³-hybridized carbons (Fsp3) is 0.136. The SMILES string of the molecule is COc1ccc(N(CC(=O)Nc2ccc(F)c(F)c2)S(=O)(=O)c2ccccc2)c(OC)c1. The molecule has 0 aromatic heterocycles. The number of anilines is 2. The summed E-state index contributed by atoms with van der Waals surface area (Å²) in [5.74, 6) is -2.40. The molecule has 0 radical (unpaired) electrons. The zero-order chi connectivity index (χ0) is 23.3. The van der Waals surface area contributed by atoms with Crippen LogP contribution in [-0.2, 0) is 14.8 Å². The van der Waals surface area contributed by atoms with E-state index in [1.807, 2.05) is 0 Å². The Morgan fingerprint density at radius 1 is 0.938 bits per heavy atom. The molecule has 0 bridgehead atoms. The van der Waals surface area contributed by atoms with Crippen molar-refractivity contribution in [2.75, 3.05) is 30.4 Å². The maximum absolute atomic E-state index is 13.5. The lowest BCUT2D eigenvalue weighted by molar-refractivity contribution is -0.114. The second-order valence-corrected chi connectivity index (χ2v) is 8.40. The van der Waals surface area contributed by atoms with E-state index in [1.165, 1.54) is 50.6 Å². The number of halogens is 2. The molecule has 1 amide bonds. The number of nitrogens with one attached hydrogen (secondary N) is 1. The molecule has 3 aromatic rings. The molecule has 0 fully saturated rings. The third kappa shape index (κ3) is 4.97. The first kappa shape index (κ1) is 23.0. The summed E-state index contributed by atoms with van der Waals surface area (Å²) >= 11 is 0. The van der Waals surface area contributed by atoms with Crippen LogP contribution in [0.1, 0.15) is 0 Å². The van der Waals surface area contributed by atoms with Crippen LogP contribution in [0.3, 0.4) is 0 Å². The Hall–Kier alpha value is -3.66. The van der Waals surface area contributed by atoms with Gasteiger partial charge in [0, 0.05) is 17.8 Å². The molecule has 3 aromatic carbocycles. The molecule has 0 saturated carbocycles. The smallest absolute Gasteiger partial charge is 0.264 e. The van der Waals surface area contributed by atoms with Crippen molar-refractivity contribution in [2.45, 2.75) is 4.90 Å². The van der Waals surface area contributed by atoms with Gasteiger partial charge in [0.05, 0.1) is 24.8 Å². The highest BCUT2D eigenvalue weighted by molar-refractivity contribution is 7.92. The van der Waals surface area contributed by atoms with Gasteiger partial charge in [-0.25, -0.2) is 17.2 Å². The van der Waals surface area contributed by atoms with E-state index in [1.54, 1.807) is 18.2 Å². The third-order valence-electron chi connectivity index (χ3n) is 4.48. The van der Waals surface area contributed by atoms with Crippen molar-refractivity contribution < 1.29 is 31.5 Å². The topological polar surface area (TPSA) is 84.9 Å². The van der Waals surface area contributed by atoms with Gasteiger partial charge in [-0.2, -0.15) is 0 Å². The van der Waals surface area contributed by atoms with E-state index < -0.39 is 34.1 Å². The van der Waals surface area contributed by atoms with Crippen molar-refractivity contribution in [1.29, 1.82) is 0 Å². The van der Waals surface area contributed by atoms with E-state index in [9.17, 15) is 22.0 Å². The first-order valence-electron chi connectivity index (χ1n) is 9.31. The van der Waals surface area contributed by atoms with Gasteiger partial charge in [-0.15, -0.1) is 0 Å². The number of ether oxygens (including phenoxy) is 2. The van der Waals surface area contributed by atoms with Crippen molar-refractivity contribution in [3.63, 3.8) is 0 Å². The molecular weight excluding hydrogens is 442 g/mol. The number of carbonyl (C=O) groups excluding carboxylic acids is 1. The lowest BCUT2D eigenvalue weighted by Gasteiger charge is -2.26. The molecule has 10 heteroatoms. The number of nitrogens with zero attached hydrogens (tertiary/aromatic N) is 1. The van der Waals surface area contributed by atoms with Gasteiger partial charge in [-0.3, -0.25) is 9.10 Å². The fourth-order valence-electron chi connectivity index (χ4n) is 2.92. The van der Waals surface area contributed by atoms with Crippen LogP contribution in [0.5, 0.6) is 11.5 Å². The predicted molar refractivity (Wildman–Crippen MR) is 116 cm³/mol. The molecule has 0 aliphatic carbocycles. The average molecular weight is 462 g/mol. The van der Waals surface area contributed by atoms with Gasteiger partial charge in [0.1, 0.15) is 18.0 Å². The molecule has 3 rings (SSSR count). The lowest BCUT2D eigenvalue weighted by Crippen LogP contribution is -2.38. The number of amides is 1. The zero-order valence-electron chi connectivity index (χ0n) is 17.2. The maximum Gasteiger partial charge on any atom is 0.264 e. The Morgan fingerprint density at radius 2 is 1.66 bits per heavy atom. The Labute approximate surface area is 184 Å². The van der Waals surface area contributed by atoms with Crippen LogP contribution < -0.4 is 19.1 Å². The molecule has 0 aliphatic heterocycles. The normalized spacial score (nSPS) is 11.0. The van der Waals surface area contributed by atoms with Gasteiger partial charge in [0.2, 0.25) is 5.91 Å². The molecule has 0 saturated heterocycles. The van der Waals surface area contributed by atoms with Gasteiger partial charge < -0.3 is 14.8 Å². The lowest BCUT2D eigenvalue weighted by atomic mass is 10.2. The Kier molecular flexibility index (Phi) is 6.94. The summed E-state index contributed by atoms with van der Waals surface area (Å²) in [6.45, 7) is -0.654. The van der Waals surface area contributed by atoms with Gasteiger partial charge in [-0.1, -0.05) is 18.2 Å². The number of hydrogen-bond donors (Lipinski definition) is 1. The van der Waals surface area contributed by atoms with Crippen molar-refractivity contribution in [3.8, 4) is 11.5 Å². The summed E-state index contributed by atoms with van der Waals surface area (Å²) in [4.78, 5) is 12.7. The quantitative estimate of drug-likeness (QED) is 0.550. The highest BCUT2D eigenvalue weighted by Crippen LogP contribution is 2.35. The van der Waals surface area contributed by atoms with Crippen molar-refractivity contribution in [1.82, 2.24) is 0 Å². The van der Waals surface area contributed by atoms with Crippen LogP contribution in [0.2, 0.25) is 0 Å². The number of benzene rings is 3. The molecule has 0 unspecified atom stereocenters. The van der Waals surface area contributed by atoms with Gasteiger partial charge >= 0.3 is 0 Å². The van der Waals surface area contributed by atoms with Crippen LogP contribution in [0.15, 0.2) is 71.6 Å². The van der Waals surface area contributed by atoms with E-state index in [-0.39, 0.29) is 22.0 Å². The molecule has 168 valence electrons. The molecule has 0 aliphatic rings. The summed E-state index contributed by atoms with van der Waals surface area (Å²) in [6, 6.07) is 14.8. The summed E-state index contributed by atoms with van der Waals surface area (Å²) < 4.78 is 64.8. The number of methoxy groups -OCH3 is 2. The number of rotatable bonds is 8. The summed E-state index contributed by atoms with van der Waals surface area (Å²) in [7, 11) is -1.39. The number of hydrogen-bond acceptors (Lipinski definition) is 5. The minimum Gasteiger partial charge on any atom is -0.497 e. The standard InChI is InChI=1S/C22H20F2N2O5S/c1-30-16-9-11-20(21(13-16)31-2)26(32(28,29)17-6-4-3-5-7-17)14-22(27)25-15-8-10-18(23)19(24)12-15/h3-13H,14H2,1-2H3,(H,25,27). The monoisotopic (exact) mass is 462 g/mol. The average Bonchev–Trinajstić information content (AvgIpc) is 2.80. The molecule has 0 spiro atoms. The molecule has 1 N–H and O–H groups in total. The molecule has 32 heavy (non-hydrogen) atoms. The second-order valence-electron chi connectivity index (χ2n) is 6.54.